The van der Waals surface area contributed by atoms with Crippen LogP contribution >= 0.6 is 0 Å². The molecule has 0 saturated carbocycles. The molecule has 1 rings (SSSR count). The number of nitrogens with two attached hydrogens (primary N) is 1. The lowest BCUT2D eigenvalue weighted by Crippen LogP contribution is -2.13. The Kier molecular flexibility index (Phi) is 2.46. The van der Waals surface area contributed by atoms with Gasteiger partial charge in [0.2, 0.25) is 0 Å². The van der Waals surface area contributed by atoms with Crippen molar-refractivity contribution in [3.05, 3.63) is 29.3 Å². The fourth-order valence-corrected chi connectivity index (χ4v) is 0.890. The molecule has 0 aliphatic carbocycles. The van der Waals surface area contributed by atoms with Gasteiger partial charge >= 0.3 is 0 Å². The lowest BCUT2D eigenvalue weighted by Gasteiger charge is -2.05. The Bertz CT molecular complexity index is 352. The predicted molar refractivity (Wildman–Crippen MR) is 41.4 cm³/mol. The zero-order valence-electron chi connectivity index (χ0n) is 6.80. The molecule has 0 aliphatic rings. The average molecular weight is 187 g/mol. The maximum atomic E-state index is 12.6. The first-order chi connectivity index (χ1) is 6.06. The molecule has 0 aromatic heterocycles. The Labute approximate surface area is 73.1 Å². The van der Waals surface area contributed by atoms with E-state index in [1.807, 2.05) is 0 Å². The highest BCUT2D eigenvalue weighted by Crippen LogP contribution is 2.21. The highest BCUT2D eigenvalue weighted by molar-refractivity contribution is 5.95. The minimum absolute atomic E-state index is 0.0774. The number of carbonyl (C=O) groups excluding carboxylic acids is 1. The van der Waals surface area contributed by atoms with Gasteiger partial charge in [-0.2, -0.15) is 0 Å². The van der Waals surface area contributed by atoms with Crippen LogP contribution in [-0.4, -0.2) is 13.0 Å². The number of amides is 1. The van der Waals surface area contributed by atoms with Gasteiger partial charge in [-0.05, 0) is 6.07 Å². The van der Waals surface area contributed by atoms with E-state index in [0.29, 0.717) is 6.07 Å². The molecule has 0 spiro atoms. The molecule has 1 aromatic rings. The molecule has 3 nitrogen and oxygen atoms in total. The second-order valence-electron chi connectivity index (χ2n) is 2.33. The molecule has 70 valence electrons. The van der Waals surface area contributed by atoms with Crippen molar-refractivity contribution in [1.29, 1.82) is 0 Å². The zero-order valence-corrected chi connectivity index (χ0v) is 6.80. The van der Waals surface area contributed by atoms with Crippen molar-refractivity contribution < 1.29 is 18.3 Å². The normalized spacial score (nSPS) is 9.77. The predicted octanol–water partition coefficient (Wildman–Crippen LogP) is 1.07. The first kappa shape index (κ1) is 9.44. The summed E-state index contributed by atoms with van der Waals surface area (Å²) < 4.78 is 29.9. The van der Waals surface area contributed by atoms with Gasteiger partial charge in [0.15, 0.2) is 11.6 Å². The Balaban J connectivity index is 3.33. The number of primary amides is 1. The van der Waals surface area contributed by atoms with E-state index in [-0.39, 0.29) is 11.3 Å². The van der Waals surface area contributed by atoms with E-state index in [9.17, 15) is 13.6 Å². The largest absolute Gasteiger partial charge is 0.496 e. The van der Waals surface area contributed by atoms with Crippen LogP contribution in [0.25, 0.3) is 0 Å². The number of benzene rings is 1. The van der Waals surface area contributed by atoms with E-state index < -0.39 is 17.5 Å². The summed E-state index contributed by atoms with van der Waals surface area (Å²) in [6.45, 7) is 0. The highest BCUT2D eigenvalue weighted by atomic mass is 19.2. The van der Waals surface area contributed by atoms with Gasteiger partial charge < -0.3 is 10.5 Å². The van der Waals surface area contributed by atoms with E-state index in [2.05, 4.69) is 4.74 Å². The number of methoxy groups -OCH3 is 1. The molecule has 0 aliphatic heterocycles. The average Bonchev–Trinajstić information content (AvgIpc) is 2.08. The summed E-state index contributed by atoms with van der Waals surface area (Å²) in [6, 6.07) is 1.48. The van der Waals surface area contributed by atoms with Crippen molar-refractivity contribution >= 4 is 5.91 Å². The van der Waals surface area contributed by atoms with Crippen LogP contribution in [0.3, 0.4) is 0 Å². The monoisotopic (exact) mass is 187 g/mol. The molecule has 5 heteroatoms. The maximum absolute atomic E-state index is 12.6. The van der Waals surface area contributed by atoms with Crippen LogP contribution in [0.1, 0.15) is 10.4 Å². The highest BCUT2D eigenvalue weighted by Gasteiger charge is 2.13. The van der Waals surface area contributed by atoms with Crippen LogP contribution in [-0.2, 0) is 0 Å². The van der Waals surface area contributed by atoms with E-state index in [1.54, 1.807) is 0 Å². The SMILES string of the molecule is COc1cc(F)c(F)cc1C(N)=O. The summed E-state index contributed by atoms with van der Waals surface area (Å²) in [6.07, 6.45) is 0. The van der Waals surface area contributed by atoms with Gasteiger partial charge in [0.25, 0.3) is 5.91 Å². The topological polar surface area (TPSA) is 52.3 Å². The lowest BCUT2D eigenvalue weighted by molar-refractivity contribution is 0.0996. The van der Waals surface area contributed by atoms with Gasteiger partial charge in [0.05, 0.1) is 12.7 Å². The molecule has 13 heavy (non-hydrogen) atoms. The number of carbonyl (C=O) groups is 1. The molecule has 0 fully saturated rings. The molecule has 0 heterocycles. The van der Waals surface area contributed by atoms with Crippen molar-refractivity contribution in [2.45, 2.75) is 0 Å². The maximum Gasteiger partial charge on any atom is 0.252 e. The fraction of sp³-hybridized carbons (Fsp3) is 0.125. The Morgan fingerprint density at radius 3 is 2.38 bits per heavy atom. The summed E-state index contributed by atoms with van der Waals surface area (Å²) in [5.41, 5.74) is 4.72. The minimum Gasteiger partial charge on any atom is -0.496 e. The molecular weight excluding hydrogens is 180 g/mol. The number of rotatable bonds is 2. The first-order valence-electron chi connectivity index (χ1n) is 3.39. The van der Waals surface area contributed by atoms with E-state index in [1.165, 1.54) is 7.11 Å². The third-order valence-electron chi connectivity index (χ3n) is 1.51. The van der Waals surface area contributed by atoms with Crippen LogP contribution < -0.4 is 10.5 Å². The van der Waals surface area contributed by atoms with Gasteiger partial charge in [-0.3, -0.25) is 4.79 Å². The quantitative estimate of drug-likeness (QED) is 0.752. The van der Waals surface area contributed by atoms with Crippen LogP contribution in [0.4, 0.5) is 8.78 Å². The molecule has 0 radical (unpaired) electrons. The Hall–Kier alpha value is -1.65. The van der Waals surface area contributed by atoms with Gasteiger partial charge in [0, 0.05) is 6.07 Å². The molecule has 0 saturated heterocycles. The molecule has 1 aromatic carbocycles. The Morgan fingerprint density at radius 1 is 1.38 bits per heavy atom. The van der Waals surface area contributed by atoms with Gasteiger partial charge in [0.1, 0.15) is 5.75 Å². The van der Waals surface area contributed by atoms with Crippen molar-refractivity contribution in [2.75, 3.05) is 7.11 Å². The lowest BCUT2D eigenvalue weighted by atomic mass is 10.2. The van der Waals surface area contributed by atoms with E-state index in [4.69, 9.17) is 5.73 Å². The van der Waals surface area contributed by atoms with E-state index >= 15 is 0 Å². The summed E-state index contributed by atoms with van der Waals surface area (Å²) in [5.74, 6) is -3.15. The zero-order chi connectivity index (χ0) is 10.0. The van der Waals surface area contributed by atoms with Gasteiger partial charge in [-0.25, -0.2) is 8.78 Å². The molecule has 0 unspecified atom stereocenters. The van der Waals surface area contributed by atoms with Crippen molar-refractivity contribution in [3.63, 3.8) is 0 Å². The summed E-state index contributed by atoms with van der Waals surface area (Å²) >= 11 is 0. The smallest absolute Gasteiger partial charge is 0.252 e. The molecule has 1 amide bonds. The Morgan fingerprint density at radius 2 is 1.92 bits per heavy atom. The number of halogens is 2. The summed E-state index contributed by atoms with van der Waals surface area (Å²) in [5, 5.41) is 0. The van der Waals surface area contributed by atoms with E-state index in [0.717, 1.165) is 6.07 Å². The van der Waals surface area contributed by atoms with Crippen LogP contribution in [0.15, 0.2) is 12.1 Å². The number of ether oxygens (including phenoxy) is 1. The standard InChI is InChI=1S/C8H7F2NO2/c1-13-7-3-6(10)5(9)2-4(7)8(11)12/h2-3H,1H3,(H2,11,12). The third kappa shape index (κ3) is 1.74. The summed E-state index contributed by atoms with van der Waals surface area (Å²) in [7, 11) is 1.24. The molecule has 0 bridgehead atoms. The third-order valence-corrected chi connectivity index (χ3v) is 1.51. The second-order valence-corrected chi connectivity index (χ2v) is 2.33. The van der Waals surface area contributed by atoms with Gasteiger partial charge in [-0.15, -0.1) is 0 Å². The number of hydrogen-bond donors (Lipinski definition) is 1. The van der Waals surface area contributed by atoms with Crippen molar-refractivity contribution in [3.8, 4) is 5.75 Å². The molecule has 0 atom stereocenters. The van der Waals surface area contributed by atoms with Crippen molar-refractivity contribution in [1.82, 2.24) is 0 Å². The minimum atomic E-state index is -1.13. The first-order valence-corrected chi connectivity index (χ1v) is 3.39. The number of hydrogen-bond acceptors (Lipinski definition) is 2. The molecular formula is C8H7F2NO2. The second kappa shape index (κ2) is 3.38. The summed E-state index contributed by atoms with van der Waals surface area (Å²) in [4.78, 5) is 10.7. The van der Waals surface area contributed by atoms with Crippen LogP contribution in [0.2, 0.25) is 0 Å². The van der Waals surface area contributed by atoms with Gasteiger partial charge in [-0.1, -0.05) is 0 Å². The van der Waals surface area contributed by atoms with Crippen LogP contribution in [0.5, 0.6) is 5.75 Å². The van der Waals surface area contributed by atoms with Crippen molar-refractivity contribution in [2.24, 2.45) is 5.73 Å². The molecule has 2 N–H and O–H groups in total. The fourth-order valence-electron chi connectivity index (χ4n) is 0.890. The van der Waals surface area contributed by atoms with Crippen LogP contribution in [0, 0.1) is 11.6 Å².